The highest BCUT2D eigenvalue weighted by atomic mass is 15.0. The summed E-state index contributed by atoms with van der Waals surface area (Å²) in [6, 6.07) is 25.1. The second kappa shape index (κ2) is 7.08. The summed E-state index contributed by atoms with van der Waals surface area (Å²) < 4.78 is 0. The third kappa shape index (κ3) is 3.24. The second-order valence-electron chi connectivity index (χ2n) is 7.78. The maximum atomic E-state index is 6.09. The second-order valence-corrected chi connectivity index (χ2v) is 7.78. The van der Waals surface area contributed by atoms with Gasteiger partial charge in [-0.3, -0.25) is 4.99 Å². The molecule has 3 heteroatoms. The SMILES string of the molecule is CC(=NCc1ccc2c(c1)C(C)(C)c1ccccc1-2)N=C(N)c1ccccc1. The minimum absolute atomic E-state index is 0.0105. The molecular weight excluding hydrogens is 342 g/mol. The molecule has 1 aliphatic carbocycles. The van der Waals surface area contributed by atoms with Crippen molar-refractivity contribution in [2.24, 2.45) is 15.7 Å². The van der Waals surface area contributed by atoms with Crippen molar-refractivity contribution in [1.82, 2.24) is 0 Å². The van der Waals surface area contributed by atoms with E-state index < -0.39 is 0 Å². The van der Waals surface area contributed by atoms with Crippen LogP contribution in [0, 0.1) is 0 Å². The number of hydrogen-bond donors (Lipinski definition) is 1. The van der Waals surface area contributed by atoms with Crippen LogP contribution in [0.25, 0.3) is 11.1 Å². The predicted molar refractivity (Wildman–Crippen MR) is 118 cm³/mol. The van der Waals surface area contributed by atoms with Crippen LogP contribution in [0.1, 0.15) is 43.0 Å². The zero-order chi connectivity index (χ0) is 19.7. The first-order valence-corrected chi connectivity index (χ1v) is 9.61. The van der Waals surface area contributed by atoms with Gasteiger partial charge in [0.15, 0.2) is 0 Å². The molecule has 0 fully saturated rings. The van der Waals surface area contributed by atoms with Crippen LogP contribution in [0.3, 0.4) is 0 Å². The predicted octanol–water partition coefficient (Wildman–Crippen LogP) is 5.32. The van der Waals surface area contributed by atoms with Crippen LogP contribution < -0.4 is 5.73 Å². The molecule has 0 aromatic heterocycles. The van der Waals surface area contributed by atoms with Crippen molar-refractivity contribution in [2.75, 3.05) is 0 Å². The van der Waals surface area contributed by atoms with Crippen LogP contribution in [0.15, 0.2) is 82.8 Å². The van der Waals surface area contributed by atoms with Crippen molar-refractivity contribution >= 4 is 11.7 Å². The topological polar surface area (TPSA) is 50.7 Å². The van der Waals surface area contributed by atoms with Gasteiger partial charge in [0, 0.05) is 11.0 Å². The van der Waals surface area contributed by atoms with E-state index in [2.05, 4.69) is 66.3 Å². The minimum Gasteiger partial charge on any atom is -0.383 e. The van der Waals surface area contributed by atoms with Gasteiger partial charge in [0.25, 0.3) is 0 Å². The van der Waals surface area contributed by atoms with Crippen LogP contribution >= 0.6 is 0 Å². The Morgan fingerprint density at radius 1 is 0.857 bits per heavy atom. The van der Waals surface area contributed by atoms with Crippen molar-refractivity contribution in [3.8, 4) is 11.1 Å². The third-order valence-electron chi connectivity index (χ3n) is 5.49. The third-order valence-corrected chi connectivity index (χ3v) is 5.49. The number of aliphatic imine (C=N–C) groups is 2. The number of nitrogens with zero attached hydrogens (tertiary/aromatic N) is 2. The molecule has 0 unspecified atom stereocenters. The molecule has 0 bridgehead atoms. The van der Waals surface area contributed by atoms with Crippen LogP contribution in [0.2, 0.25) is 0 Å². The summed E-state index contributed by atoms with van der Waals surface area (Å²) >= 11 is 0. The van der Waals surface area contributed by atoms with Gasteiger partial charge in [-0.25, -0.2) is 4.99 Å². The number of hydrogen-bond acceptors (Lipinski definition) is 1. The van der Waals surface area contributed by atoms with E-state index in [-0.39, 0.29) is 5.41 Å². The first-order chi connectivity index (χ1) is 13.5. The van der Waals surface area contributed by atoms with Crippen molar-refractivity contribution in [3.63, 3.8) is 0 Å². The van der Waals surface area contributed by atoms with E-state index in [9.17, 15) is 0 Å². The van der Waals surface area contributed by atoms with E-state index in [0.29, 0.717) is 18.2 Å². The van der Waals surface area contributed by atoms with Gasteiger partial charge >= 0.3 is 0 Å². The normalized spacial score (nSPS) is 15.2. The monoisotopic (exact) mass is 367 g/mol. The van der Waals surface area contributed by atoms with Gasteiger partial charge in [-0.15, -0.1) is 0 Å². The molecule has 0 radical (unpaired) electrons. The lowest BCUT2D eigenvalue weighted by Gasteiger charge is -2.21. The van der Waals surface area contributed by atoms with Crippen LogP contribution in [-0.2, 0) is 12.0 Å². The van der Waals surface area contributed by atoms with Gasteiger partial charge in [-0.1, -0.05) is 86.6 Å². The summed E-state index contributed by atoms with van der Waals surface area (Å²) in [7, 11) is 0. The molecule has 28 heavy (non-hydrogen) atoms. The molecule has 4 rings (SSSR count). The molecule has 2 N–H and O–H groups in total. The molecule has 3 nitrogen and oxygen atoms in total. The number of rotatable bonds is 3. The summed E-state index contributed by atoms with van der Waals surface area (Å²) in [6.45, 7) is 7.07. The molecule has 0 amide bonds. The molecule has 140 valence electrons. The Morgan fingerprint density at radius 3 is 2.32 bits per heavy atom. The fourth-order valence-corrected chi connectivity index (χ4v) is 3.94. The largest absolute Gasteiger partial charge is 0.383 e. The highest BCUT2D eigenvalue weighted by Gasteiger charge is 2.34. The zero-order valence-corrected chi connectivity index (χ0v) is 16.6. The van der Waals surface area contributed by atoms with Gasteiger partial charge in [0.1, 0.15) is 11.7 Å². The highest BCUT2D eigenvalue weighted by Crippen LogP contribution is 2.48. The maximum Gasteiger partial charge on any atom is 0.132 e. The fraction of sp³-hybridized carbons (Fsp3) is 0.200. The Balaban J connectivity index is 1.58. The molecule has 0 heterocycles. The number of amidine groups is 2. The van der Waals surface area contributed by atoms with Crippen molar-refractivity contribution in [3.05, 3.63) is 95.1 Å². The first kappa shape index (κ1) is 18.2. The lowest BCUT2D eigenvalue weighted by Crippen LogP contribution is -2.15. The lowest BCUT2D eigenvalue weighted by atomic mass is 9.82. The van der Waals surface area contributed by atoms with Crippen molar-refractivity contribution in [1.29, 1.82) is 0 Å². The van der Waals surface area contributed by atoms with E-state index >= 15 is 0 Å². The minimum atomic E-state index is 0.0105. The molecule has 0 saturated heterocycles. The highest BCUT2D eigenvalue weighted by molar-refractivity contribution is 6.04. The van der Waals surface area contributed by atoms with Gasteiger partial charge in [0.05, 0.1) is 6.54 Å². The van der Waals surface area contributed by atoms with E-state index in [0.717, 1.165) is 5.56 Å². The van der Waals surface area contributed by atoms with Gasteiger partial charge in [-0.05, 0) is 34.7 Å². The molecule has 3 aromatic rings. The van der Waals surface area contributed by atoms with Gasteiger partial charge < -0.3 is 5.73 Å². The molecule has 0 spiro atoms. The van der Waals surface area contributed by atoms with Gasteiger partial charge in [-0.2, -0.15) is 0 Å². The van der Waals surface area contributed by atoms with Crippen molar-refractivity contribution < 1.29 is 0 Å². The van der Waals surface area contributed by atoms with E-state index in [1.165, 1.54) is 27.8 Å². The van der Waals surface area contributed by atoms with Gasteiger partial charge in [0.2, 0.25) is 0 Å². The summed E-state index contributed by atoms with van der Waals surface area (Å²) in [5.41, 5.74) is 13.6. The van der Waals surface area contributed by atoms with Crippen LogP contribution in [0.5, 0.6) is 0 Å². The molecule has 3 aromatic carbocycles. The van der Waals surface area contributed by atoms with Crippen LogP contribution in [-0.4, -0.2) is 11.7 Å². The standard InChI is InChI=1S/C25H25N3/c1-17(28-24(26)19-9-5-4-6-10-19)27-16-18-13-14-21-20-11-7-8-12-22(20)25(2,3)23(21)15-18/h4-15H,16H2,1-3H3,(H2,26,27,28). The Hall–Kier alpha value is -3.20. The maximum absolute atomic E-state index is 6.09. The number of nitrogens with two attached hydrogens (primary N) is 1. The molecule has 0 atom stereocenters. The van der Waals surface area contributed by atoms with Crippen LogP contribution in [0.4, 0.5) is 0 Å². The molecular formula is C25H25N3. The molecule has 0 aliphatic heterocycles. The Kier molecular flexibility index (Phi) is 4.60. The Bertz CT molecular complexity index is 1080. The number of benzene rings is 3. The Labute approximate surface area is 166 Å². The molecule has 0 saturated carbocycles. The molecule has 1 aliphatic rings. The average Bonchev–Trinajstić information content (AvgIpc) is 2.94. The smallest absolute Gasteiger partial charge is 0.132 e. The number of fused-ring (bicyclic) bond motifs is 3. The fourth-order valence-electron chi connectivity index (χ4n) is 3.94. The first-order valence-electron chi connectivity index (χ1n) is 9.61. The Morgan fingerprint density at radius 2 is 1.54 bits per heavy atom. The average molecular weight is 367 g/mol. The zero-order valence-electron chi connectivity index (χ0n) is 16.6. The summed E-state index contributed by atoms with van der Waals surface area (Å²) in [6.07, 6.45) is 0. The quantitative estimate of drug-likeness (QED) is 0.494. The van der Waals surface area contributed by atoms with E-state index in [1.54, 1.807) is 0 Å². The van der Waals surface area contributed by atoms with E-state index in [4.69, 9.17) is 5.73 Å². The van der Waals surface area contributed by atoms with Crippen molar-refractivity contribution in [2.45, 2.75) is 32.7 Å². The summed E-state index contributed by atoms with van der Waals surface area (Å²) in [5.74, 6) is 1.18. The summed E-state index contributed by atoms with van der Waals surface area (Å²) in [5, 5.41) is 0. The summed E-state index contributed by atoms with van der Waals surface area (Å²) in [4.78, 5) is 9.07. The lowest BCUT2D eigenvalue weighted by molar-refractivity contribution is 0.659. The van der Waals surface area contributed by atoms with E-state index in [1.807, 2.05) is 37.3 Å².